The van der Waals surface area contributed by atoms with Gasteiger partial charge in [0, 0.05) is 11.8 Å². The van der Waals surface area contributed by atoms with E-state index in [9.17, 15) is 19.2 Å². The Kier molecular flexibility index (Phi) is 5.84. The van der Waals surface area contributed by atoms with Gasteiger partial charge in [-0.2, -0.15) is 5.26 Å². The van der Waals surface area contributed by atoms with E-state index in [4.69, 9.17) is 12.6 Å². The molecule has 182 valence electrons. The number of nitriles is 1. The van der Waals surface area contributed by atoms with E-state index in [1.165, 1.54) is 29.4 Å². The molecule has 1 aliphatic carbocycles. The number of carbonyl (C=O) groups excluding carboxylic acids is 2. The van der Waals surface area contributed by atoms with Crippen molar-refractivity contribution in [2.75, 3.05) is 15.1 Å². The summed E-state index contributed by atoms with van der Waals surface area (Å²) in [7, 11) is 0. The molecule has 1 unspecified atom stereocenters. The van der Waals surface area contributed by atoms with Crippen molar-refractivity contribution >= 4 is 41.5 Å². The van der Waals surface area contributed by atoms with Crippen molar-refractivity contribution in [3.05, 3.63) is 77.4 Å². The molecule has 1 saturated carbocycles. The molecule has 1 aromatic carbocycles. The van der Waals surface area contributed by atoms with E-state index in [1.807, 2.05) is 6.07 Å². The zero-order chi connectivity index (χ0) is 25.6. The van der Waals surface area contributed by atoms with Gasteiger partial charge >= 0.3 is 0 Å². The fourth-order valence-electron chi connectivity index (χ4n) is 4.69. The standard InChI is InChI=1S/C25H20F2N6O2S/c1-14-7-18(13-30-21(14)10-28)32-23(35)25(5-2-6-25)33(24(32)36)17-3-4-19(20(27)9-17)22(34)31-16-8-15(26)11-29-12-16/h3-4,7-9,11-13,24,36H,2,5-6H2,1H3,(H,31,34). The summed E-state index contributed by atoms with van der Waals surface area (Å²) in [4.78, 5) is 37.3. The van der Waals surface area contributed by atoms with E-state index >= 15 is 4.39 Å². The number of thiol groups is 1. The number of rotatable bonds is 4. The quantitative estimate of drug-likeness (QED) is 0.515. The van der Waals surface area contributed by atoms with Crippen LogP contribution in [0, 0.1) is 29.9 Å². The summed E-state index contributed by atoms with van der Waals surface area (Å²) < 4.78 is 28.5. The molecule has 1 aliphatic heterocycles. The normalized spacial score (nSPS) is 18.2. The Bertz CT molecular complexity index is 1440. The van der Waals surface area contributed by atoms with Crippen LogP contribution in [-0.4, -0.2) is 32.8 Å². The van der Waals surface area contributed by atoms with E-state index in [0.29, 0.717) is 29.8 Å². The summed E-state index contributed by atoms with van der Waals surface area (Å²) >= 11 is 4.72. The minimum atomic E-state index is -0.891. The van der Waals surface area contributed by atoms with E-state index in [-0.39, 0.29) is 22.9 Å². The third-order valence-corrected chi connectivity index (χ3v) is 7.07. The second-order valence-electron chi connectivity index (χ2n) is 8.76. The lowest BCUT2D eigenvalue weighted by Crippen LogP contribution is -2.55. The van der Waals surface area contributed by atoms with E-state index in [2.05, 4.69) is 15.3 Å². The summed E-state index contributed by atoms with van der Waals surface area (Å²) in [5, 5.41) is 11.6. The Labute approximate surface area is 211 Å². The largest absolute Gasteiger partial charge is 0.327 e. The van der Waals surface area contributed by atoms with Gasteiger partial charge in [-0.3, -0.25) is 19.5 Å². The van der Waals surface area contributed by atoms with Crippen molar-refractivity contribution in [1.82, 2.24) is 9.97 Å². The van der Waals surface area contributed by atoms with Crippen molar-refractivity contribution < 1.29 is 18.4 Å². The van der Waals surface area contributed by atoms with Crippen LogP contribution in [0.4, 0.5) is 25.8 Å². The summed E-state index contributed by atoms with van der Waals surface area (Å²) in [5.41, 5.74) is -0.0200. The fraction of sp³-hybridized carbons (Fsp3) is 0.240. The van der Waals surface area contributed by atoms with E-state index in [1.54, 1.807) is 24.0 Å². The number of aromatic nitrogens is 2. The molecule has 1 N–H and O–H groups in total. The summed E-state index contributed by atoms with van der Waals surface area (Å²) in [6.07, 6.45) is 5.66. The Morgan fingerprint density at radius 2 is 1.97 bits per heavy atom. The fourth-order valence-corrected chi connectivity index (χ4v) is 5.28. The van der Waals surface area contributed by atoms with Gasteiger partial charge in [0.2, 0.25) is 0 Å². The van der Waals surface area contributed by atoms with Gasteiger partial charge in [0.05, 0.1) is 35.5 Å². The Morgan fingerprint density at radius 3 is 2.58 bits per heavy atom. The molecule has 1 spiro atoms. The number of carbonyl (C=O) groups is 2. The first kappa shape index (κ1) is 23.7. The topological polar surface area (TPSA) is 102 Å². The van der Waals surface area contributed by atoms with Gasteiger partial charge in [-0.1, -0.05) is 0 Å². The molecular weight excluding hydrogens is 486 g/mol. The van der Waals surface area contributed by atoms with Gasteiger partial charge in [-0.25, -0.2) is 13.8 Å². The van der Waals surface area contributed by atoms with Gasteiger partial charge < -0.3 is 10.2 Å². The lowest BCUT2D eigenvalue weighted by atomic mass is 9.75. The highest BCUT2D eigenvalue weighted by molar-refractivity contribution is 7.81. The molecule has 5 rings (SSSR count). The SMILES string of the molecule is Cc1cc(N2C(=O)C3(CCC3)N(c3ccc(C(=O)Nc4cncc(F)c4)c(F)c3)C2S)cnc1C#N. The predicted molar refractivity (Wildman–Crippen MR) is 132 cm³/mol. The summed E-state index contributed by atoms with van der Waals surface area (Å²) in [6.45, 7) is 1.74. The third kappa shape index (κ3) is 3.74. The monoisotopic (exact) mass is 506 g/mol. The maximum absolute atomic E-state index is 15.1. The van der Waals surface area contributed by atoms with Crippen LogP contribution < -0.4 is 15.1 Å². The number of anilines is 3. The van der Waals surface area contributed by atoms with Crippen LogP contribution in [0.5, 0.6) is 0 Å². The molecule has 1 saturated heterocycles. The highest BCUT2D eigenvalue weighted by Gasteiger charge is 2.60. The maximum atomic E-state index is 15.1. The minimum Gasteiger partial charge on any atom is -0.327 e. The molecule has 8 nitrogen and oxygen atoms in total. The van der Waals surface area contributed by atoms with E-state index in [0.717, 1.165) is 18.7 Å². The Morgan fingerprint density at radius 1 is 1.19 bits per heavy atom. The number of nitrogens with one attached hydrogen (secondary N) is 1. The minimum absolute atomic E-state index is 0.0967. The first-order chi connectivity index (χ1) is 17.2. The molecule has 11 heteroatoms. The van der Waals surface area contributed by atoms with Crippen LogP contribution in [0.15, 0.2) is 48.9 Å². The maximum Gasteiger partial charge on any atom is 0.258 e. The van der Waals surface area contributed by atoms with Crippen molar-refractivity contribution in [2.24, 2.45) is 0 Å². The molecule has 2 amide bonds. The van der Waals surface area contributed by atoms with Crippen LogP contribution in [0.2, 0.25) is 0 Å². The molecule has 2 aromatic heterocycles. The van der Waals surface area contributed by atoms with Crippen LogP contribution in [0.1, 0.15) is 40.9 Å². The number of benzene rings is 1. The molecule has 36 heavy (non-hydrogen) atoms. The van der Waals surface area contributed by atoms with Gasteiger partial charge in [-0.15, -0.1) is 12.6 Å². The Hall–Kier alpha value is -4.04. The van der Waals surface area contributed by atoms with Gasteiger partial charge in [0.1, 0.15) is 28.9 Å². The van der Waals surface area contributed by atoms with Gasteiger partial charge in [0.25, 0.3) is 11.8 Å². The number of aryl methyl sites for hydroxylation is 1. The third-order valence-electron chi connectivity index (χ3n) is 6.61. The van der Waals surface area contributed by atoms with Crippen molar-refractivity contribution in [1.29, 1.82) is 5.26 Å². The summed E-state index contributed by atoms with van der Waals surface area (Å²) in [6, 6.07) is 8.86. The number of halogens is 2. The number of pyridine rings is 2. The smallest absolute Gasteiger partial charge is 0.258 e. The first-order valence-corrected chi connectivity index (χ1v) is 11.7. The zero-order valence-electron chi connectivity index (χ0n) is 19.1. The highest BCUT2D eigenvalue weighted by atomic mass is 32.1. The first-order valence-electron chi connectivity index (χ1n) is 11.1. The molecule has 0 bridgehead atoms. The number of hydrogen-bond acceptors (Lipinski definition) is 7. The lowest BCUT2D eigenvalue weighted by molar-refractivity contribution is -0.124. The number of amides is 2. The van der Waals surface area contributed by atoms with Crippen LogP contribution in [0.3, 0.4) is 0 Å². The van der Waals surface area contributed by atoms with E-state index < -0.39 is 28.6 Å². The molecule has 1 atom stereocenters. The molecule has 0 radical (unpaired) electrons. The highest BCUT2D eigenvalue weighted by Crippen LogP contribution is 2.50. The number of nitrogens with zero attached hydrogens (tertiary/aromatic N) is 5. The van der Waals surface area contributed by atoms with Crippen molar-refractivity contribution in [2.45, 2.75) is 37.2 Å². The van der Waals surface area contributed by atoms with Gasteiger partial charge in [-0.05, 0) is 56.0 Å². The van der Waals surface area contributed by atoms with Crippen molar-refractivity contribution in [3.63, 3.8) is 0 Å². The lowest BCUT2D eigenvalue weighted by Gasteiger charge is -2.44. The molecule has 3 aromatic rings. The molecule has 3 heterocycles. The van der Waals surface area contributed by atoms with Gasteiger partial charge in [0.15, 0.2) is 5.50 Å². The molecule has 2 aliphatic rings. The Balaban J connectivity index is 1.46. The second kappa shape index (κ2) is 8.87. The summed E-state index contributed by atoms with van der Waals surface area (Å²) in [5.74, 6) is -2.37. The predicted octanol–water partition coefficient (Wildman–Crippen LogP) is 4.18. The molecular formula is C25H20F2N6O2S. The van der Waals surface area contributed by atoms with Crippen LogP contribution in [-0.2, 0) is 4.79 Å². The average molecular weight is 507 g/mol. The molecule has 2 fully saturated rings. The number of hydrogen-bond donors (Lipinski definition) is 2. The average Bonchev–Trinajstić information content (AvgIpc) is 3.05. The zero-order valence-corrected chi connectivity index (χ0v) is 20.0. The van der Waals surface area contributed by atoms with Crippen LogP contribution in [0.25, 0.3) is 0 Å². The van der Waals surface area contributed by atoms with Crippen LogP contribution >= 0.6 is 12.6 Å². The van der Waals surface area contributed by atoms with Crippen molar-refractivity contribution in [3.8, 4) is 6.07 Å². The second-order valence-corrected chi connectivity index (χ2v) is 9.22.